The smallest absolute Gasteiger partial charge is 0 e. The molecular weight excluding hydrogens is 219 g/mol. The van der Waals surface area contributed by atoms with E-state index in [1.165, 1.54) is 0 Å². The predicted molar refractivity (Wildman–Crippen MR) is 5.75 cm³/mol. The molecule has 0 aromatic heterocycles. The fourth-order valence-corrected chi connectivity index (χ4v) is 0. The fourth-order valence-electron chi connectivity index (χ4n) is 0. The fraction of sp³-hybridized carbons (Fsp3) is 0. The van der Waals surface area contributed by atoms with Crippen LogP contribution in [0.25, 0.3) is 0 Å². The van der Waals surface area contributed by atoms with Crippen molar-refractivity contribution in [1.82, 2.24) is 0 Å². The first kappa shape index (κ1) is 28.7. The van der Waals surface area contributed by atoms with Gasteiger partial charge in [-0.15, -0.1) is 0 Å². The van der Waals surface area contributed by atoms with E-state index in [4.69, 9.17) is 0 Å². The maximum absolute atomic E-state index is 0. The first-order valence-electron chi connectivity index (χ1n) is 0. The van der Waals surface area contributed by atoms with E-state index in [-0.39, 0.29) is 88.0 Å². The van der Waals surface area contributed by atoms with Gasteiger partial charge in [0.1, 0.15) is 0 Å². The van der Waals surface area contributed by atoms with E-state index in [2.05, 4.69) is 0 Å². The van der Waals surface area contributed by atoms with Crippen LogP contribution in [0.2, 0.25) is 0 Å². The van der Waals surface area contributed by atoms with Crippen LogP contribution in [0, 0.1) is 0 Å². The van der Waals surface area contributed by atoms with E-state index in [0.717, 1.165) is 0 Å². The summed E-state index contributed by atoms with van der Waals surface area (Å²) in [6.07, 6.45) is 0. The van der Waals surface area contributed by atoms with Crippen LogP contribution in [0.15, 0.2) is 0 Å². The molecule has 0 heterocycles. The van der Waals surface area contributed by atoms with Crippen molar-refractivity contribution in [3.05, 3.63) is 0 Å². The first-order valence-corrected chi connectivity index (χ1v) is 0. The number of rotatable bonds is 0. The summed E-state index contributed by atoms with van der Waals surface area (Å²) in [7, 11) is 0. The maximum atomic E-state index is 0. The molecule has 0 aromatic rings. The summed E-state index contributed by atoms with van der Waals surface area (Å²) in [4.78, 5) is 0. The Balaban J connectivity index is 0. The van der Waals surface area contributed by atoms with Gasteiger partial charge in [0.2, 0.25) is 0 Å². The Morgan fingerprint density at radius 3 is 0.500 bits per heavy atom. The van der Waals surface area contributed by atoms with Crippen LogP contribution in [0.3, 0.4) is 0 Å². The van der Waals surface area contributed by atoms with Crippen LogP contribution in [0.4, 0.5) is 0 Å². The second-order valence-corrected chi connectivity index (χ2v) is 0. The Bertz CT molecular complexity index is 3.25. The number of hydrogen-bond donors (Lipinski definition) is 0. The molecule has 0 saturated heterocycles. The minimum atomic E-state index is 0. The molecule has 4 heteroatoms. The van der Waals surface area contributed by atoms with Crippen LogP contribution in [-0.2, 0) is 58.4 Å². The summed E-state index contributed by atoms with van der Waals surface area (Å²) >= 11 is 0. The number of hydrogen-bond acceptors (Lipinski definition) is 0. The first-order chi connectivity index (χ1) is 0. The summed E-state index contributed by atoms with van der Waals surface area (Å²) in [6, 6.07) is 0. The molecule has 0 rings (SSSR count). The molecule has 0 aliphatic rings. The molecule has 0 N–H and O–H groups in total. The van der Waals surface area contributed by atoms with E-state index >= 15 is 0 Å². The summed E-state index contributed by atoms with van der Waals surface area (Å²) in [5, 5.41) is 0. The summed E-state index contributed by atoms with van der Waals surface area (Å²) in [6.45, 7) is 0. The van der Waals surface area contributed by atoms with Crippen LogP contribution in [0.1, 0.15) is 0 Å². The molecule has 7 valence electrons. The second-order valence-electron chi connectivity index (χ2n) is 0. The van der Waals surface area contributed by atoms with Crippen molar-refractivity contribution in [2.45, 2.75) is 0 Å². The van der Waals surface area contributed by atoms with Gasteiger partial charge in [0, 0.05) is 88.0 Å². The van der Waals surface area contributed by atoms with Gasteiger partial charge in [0.15, 0.2) is 0 Å². The van der Waals surface area contributed by atoms with Crippen molar-refractivity contribution in [3.63, 3.8) is 0 Å². The van der Waals surface area contributed by atoms with Crippen molar-refractivity contribution < 1.29 is 58.4 Å². The average molecular weight is 219 g/mol. The molecule has 0 aliphatic heterocycles. The zero-order chi connectivity index (χ0) is 0. The summed E-state index contributed by atoms with van der Waals surface area (Å²) < 4.78 is 0. The normalized spacial score (nSPS) is 0. The standard InChI is InChI=1S/Na.3Zn. The minimum Gasteiger partial charge on any atom is 0 e. The quantitative estimate of drug-likeness (QED) is 0.487. The van der Waals surface area contributed by atoms with E-state index in [0.29, 0.717) is 0 Å². The molecule has 0 bridgehead atoms. The molecule has 0 atom stereocenters. The molecule has 0 fully saturated rings. The Kier molecular flexibility index (Phi) is 121. The zero-order valence-corrected chi connectivity index (χ0v) is 14.0. The molecule has 0 spiro atoms. The Hall–Kier alpha value is 2.87. The predicted octanol–water partition coefficient (Wildman–Crippen LogP) is -0.388. The van der Waals surface area contributed by atoms with Gasteiger partial charge in [0.05, 0.1) is 0 Å². The van der Waals surface area contributed by atoms with Gasteiger partial charge < -0.3 is 0 Å². The van der Waals surface area contributed by atoms with Gasteiger partial charge in [-0.2, -0.15) is 0 Å². The van der Waals surface area contributed by atoms with Crippen LogP contribution < -0.4 is 0 Å². The van der Waals surface area contributed by atoms with Crippen LogP contribution >= 0.6 is 0 Å². The third-order valence-corrected chi connectivity index (χ3v) is 0. The summed E-state index contributed by atoms with van der Waals surface area (Å²) in [5.41, 5.74) is 0. The molecule has 0 aromatic carbocycles. The SMILES string of the molecule is [Na].[Zn].[Zn].[Zn]. The van der Waals surface area contributed by atoms with Crippen molar-refractivity contribution in [3.8, 4) is 0 Å². The van der Waals surface area contributed by atoms with Crippen molar-refractivity contribution in [2.75, 3.05) is 0 Å². The van der Waals surface area contributed by atoms with Gasteiger partial charge in [0.25, 0.3) is 0 Å². The van der Waals surface area contributed by atoms with E-state index < -0.39 is 0 Å². The largest absolute Gasteiger partial charge is 0 e. The van der Waals surface area contributed by atoms with Gasteiger partial charge in [-0.3, -0.25) is 0 Å². The monoisotopic (exact) mass is 215 g/mol. The average Bonchev–Trinajstić information content (AvgIpc) is 0. The molecule has 4 heavy (non-hydrogen) atoms. The van der Waals surface area contributed by atoms with Gasteiger partial charge in [-0.1, -0.05) is 0 Å². The molecule has 0 nitrogen and oxygen atoms in total. The third kappa shape index (κ3) is 8.85. The Morgan fingerprint density at radius 1 is 0.500 bits per heavy atom. The van der Waals surface area contributed by atoms with Crippen molar-refractivity contribution in [1.29, 1.82) is 0 Å². The topological polar surface area (TPSA) is 0 Å². The van der Waals surface area contributed by atoms with Crippen molar-refractivity contribution >= 4 is 29.6 Å². The molecule has 0 aliphatic carbocycles. The summed E-state index contributed by atoms with van der Waals surface area (Å²) in [5.74, 6) is 0. The minimum absolute atomic E-state index is 0. The van der Waals surface area contributed by atoms with Gasteiger partial charge in [-0.05, 0) is 0 Å². The molecule has 0 saturated carbocycles. The Labute approximate surface area is 86.4 Å². The van der Waals surface area contributed by atoms with Crippen LogP contribution in [0.5, 0.6) is 0 Å². The molecule has 1 radical (unpaired) electrons. The zero-order valence-electron chi connectivity index (χ0n) is 3.12. The molecular formula is NaZn3. The van der Waals surface area contributed by atoms with Crippen LogP contribution in [-0.4, -0.2) is 29.6 Å². The van der Waals surface area contributed by atoms with Gasteiger partial charge >= 0.3 is 0 Å². The Morgan fingerprint density at radius 2 is 0.500 bits per heavy atom. The van der Waals surface area contributed by atoms with E-state index in [1.54, 1.807) is 0 Å². The van der Waals surface area contributed by atoms with E-state index in [1.807, 2.05) is 0 Å². The molecule has 0 amide bonds. The molecule has 0 unspecified atom stereocenters. The second kappa shape index (κ2) is 16.9. The van der Waals surface area contributed by atoms with E-state index in [9.17, 15) is 0 Å². The van der Waals surface area contributed by atoms with Gasteiger partial charge in [-0.25, -0.2) is 0 Å². The third-order valence-electron chi connectivity index (χ3n) is 0. The van der Waals surface area contributed by atoms with Crippen molar-refractivity contribution in [2.24, 2.45) is 0 Å². The maximum Gasteiger partial charge on any atom is 0 e.